The zero-order valence-electron chi connectivity index (χ0n) is 10.1. The minimum Gasteiger partial charge on any atom is -0.373 e. The van der Waals surface area contributed by atoms with Gasteiger partial charge >= 0.3 is 0 Å². The van der Waals surface area contributed by atoms with Gasteiger partial charge in [0.05, 0.1) is 5.02 Å². The fraction of sp³-hybridized carbons (Fsp3) is 0.143. The van der Waals surface area contributed by atoms with Crippen LogP contribution in [0.3, 0.4) is 0 Å². The summed E-state index contributed by atoms with van der Waals surface area (Å²) in [5, 5.41) is 6.52. The number of rotatable bonds is 2. The van der Waals surface area contributed by atoms with Gasteiger partial charge in [0.15, 0.2) is 0 Å². The van der Waals surface area contributed by atoms with Gasteiger partial charge in [-0.15, -0.1) is 0 Å². The van der Waals surface area contributed by atoms with Crippen LogP contribution in [0.4, 0.5) is 11.5 Å². The van der Waals surface area contributed by atoms with E-state index in [2.05, 4.69) is 15.6 Å². The van der Waals surface area contributed by atoms with Crippen molar-refractivity contribution in [3.8, 4) is 0 Å². The number of anilines is 2. The summed E-state index contributed by atoms with van der Waals surface area (Å²) < 4.78 is 0. The molecule has 0 radical (unpaired) electrons. The Morgan fingerprint density at radius 2 is 2.16 bits per heavy atom. The lowest BCUT2D eigenvalue weighted by Gasteiger charge is -2.11. The average Bonchev–Trinajstić information content (AvgIpc) is 2.85. The van der Waals surface area contributed by atoms with Gasteiger partial charge in [-0.3, -0.25) is 4.79 Å². The Kier molecular flexibility index (Phi) is 3.09. The first kappa shape index (κ1) is 12.0. The van der Waals surface area contributed by atoms with Gasteiger partial charge < -0.3 is 10.6 Å². The molecule has 0 fully saturated rings. The number of hydrogen-bond donors (Lipinski definition) is 2. The number of hydrogen-bond acceptors (Lipinski definition) is 3. The number of carbonyl (C=O) groups is 1. The van der Waals surface area contributed by atoms with Crippen LogP contribution in [0.15, 0.2) is 42.6 Å². The van der Waals surface area contributed by atoms with E-state index < -0.39 is 0 Å². The maximum Gasteiger partial charge on any atom is 0.248 e. The number of carbonyl (C=O) groups excluding carboxylic acids is 1. The van der Waals surface area contributed by atoms with Crippen molar-refractivity contribution < 1.29 is 4.79 Å². The molecule has 1 aliphatic heterocycles. The van der Waals surface area contributed by atoms with E-state index in [0.717, 1.165) is 11.3 Å². The summed E-state index contributed by atoms with van der Waals surface area (Å²) in [5.74, 6) is 0.415. The number of nitrogens with zero attached hydrogens (tertiary/aromatic N) is 1. The summed E-state index contributed by atoms with van der Waals surface area (Å²) in [7, 11) is 0. The fourth-order valence-electron chi connectivity index (χ4n) is 2.12. The third kappa shape index (κ3) is 2.53. The second-order valence-electron chi connectivity index (χ2n) is 4.41. The third-order valence-electron chi connectivity index (χ3n) is 3.07. The number of aromatic nitrogens is 1. The van der Waals surface area contributed by atoms with Gasteiger partial charge in [0, 0.05) is 18.3 Å². The minimum absolute atomic E-state index is 0.0916. The molecule has 19 heavy (non-hydrogen) atoms. The first-order valence-electron chi connectivity index (χ1n) is 5.99. The molecular formula is C14H12ClN3O. The summed E-state index contributed by atoms with van der Waals surface area (Å²) in [5.41, 5.74) is 2.18. The Labute approximate surface area is 115 Å². The number of benzene rings is 1. The molecular weight excluding hydrogens is 262 g/mol. The van der Waals surface area contributed by atoms with E-state index in [1.165, 1.54) is 6.20 Å². The predicted molar refractivity (Wildman–Crippen MR) is 75.4 cm³/mol. The Balaban J connectivity index is 1.68. The third-order valence-corrected chi connectivity index (χ3v) is 3.29. The second-order valence-corrected chi connectivity index (χ2v) is 4.85. The monoisotopic (exact) mass is 273 g/mol. The molecule has 2 heterocycles. The molecule has 5 heteroatoms. The summed E-state index contributed by atoms with van der Waals surface area (Å²) in [6.45, 7) is 0. The molecule has 1 unspecified atom stereocenters. The van der Waals surface area contributed by atoms with Gasteiger partial charge in [0.2, 0.25) is 5.91 Å². The van der Waals surface area contributed by atoms with Crippen LogP contribution in [0, 0.1) is 0 Å². The lowest BCUT2D eigenvalue weighted by atomic mass is 10.1. The van der Waals surface area contributed by atoms with Crippen LogP contribution < -0.4 is 10.6 Å². The van der Waals surface area contributed by atoms with Crippen molar-refractivity contribution >= 4 is 29.0 Å². The molecule has 1 amide bonds. The number of halogens is 1. The van der Waals surface area contributed by atoms with Crippen molar-refractivity contribution in [3.05, 3.63) is 53.2 Å². The molecule has 0 aliphatic carbocycles. The molecule has 2 N–H and O–H groups in total. The zero-order valence-corrected chi connectivity index (χ0v) is 10.8. The van der Waals surface area contributed by atoms with Crippen molar-refractivity contribution in [2.24, 2.45) is 0 Å². The average molecular weight is 274 g/mol. The summed E-state index contributed by atoms with van der Waals surface area (Å²) in [6, 6.07) is 11.0. The van der Waals surface area contributed by atoms with Crippen LogP contribution in [0.1, 0.15) is 5.56 Å². The second kappa shape index (κ2) is 4.90. The van der Waals surface area contributed by atoms with Crippen LogP contribution in [0.25, 0.3) is 0 Å². The predicted octanol–water partition coefficient (Wildman–Crippen LogP) is 2.71. The Bertz CT molecular complexity index is 587. The van der Waals surface area contributed by atoms with Crippen LogP contribution in [-0.4, -0.2) is 16.9 Å². The zero-order chi connectivity index (χ0) is 13.2. The Morgan fingerprint density at radius 1 is 1.32 bits per heavy atom. The van der Waals surface area contributed by atoms with E-state index in [1.807, 2.05) is 24.3 Å². The van der Waals surface area contributed by atoms with Crippen molar-refractivity contribution in [2.45, 2.75) is 12.5 Å². The quantitative estimate of drug-likeness (QED) is 0.885. The van der Waals surface area contributed by atoms with Gasteiger partial charge in [-0.05, 0) is 23.8 Å². The Morgan fingerprint density at radius 3 is 2.89 bits per heavy atom. The highest BCUT2D eigenvalue weighted by Crippen LogP contribution is 2.25. The van der Waals surface area contributed by atoms with Gasteiger partial charge in [-0.25, -0.2) is 4.98 Å². The van der Waals surface area contributed by atoms with Crippen molar-refractivity contribution in [2.75, 3.05) is 10.6 Å². The van der Waals surface area contributed by atoms with Gasteiger partial charge in [-0.2, -0.15) is 0 Å². The number of fused-ring (bicyclic) bond motifs is 1. The van der Waals surface area contributed by atoms with E-state index in [-0.39, 0.29) is 11.9 Å². The van der Waals surface area contributed by atoms with E-state index in [4.69, 9.17) is 11.6 Å². The van der Waals surface area contributed by atoms with Crippen LogP contribution >= 0.6 is 11.6 Å². The maximum atomic E-state index is 12.1. The standard InChI is InChI=1S/C14H12ClN3O/c15-10-5-6-13(16-8-10)18-14(19)12-7-9-3-1-2-4-11(9)17-12/h1-6,8,12,17H,7H2,(H,16,18,19). The molecule has 4 nitrogen and oxygen atoms in total. The van der Waals surface area contributed by atoms with E-state index in [1.54, 1.807) is 12.1 Å². The highest BCUT2D eigenvalue weighted by atomic mass is 35.5. The molecule has 0 bridgehead atoms. The number of nitrogens with one attached hydrogen (secondary N) is 2. The fourth-order valence-corrected chi connectivity index (χ4v) is 2.23. The van der Waals surface area contributed by atoms with Crippen molar-refractivity contribution in [3.63, 3.8) is 0 Å². The maximum absolute atomic E-state index is 12.1. The number of amides is 1. The topological polar surface area (TPSA) is 54.0 Å². The SMILES string of the molecule is O=C(Nc1ccc(Cl)cn1)C1Cc2ccccc2N1. The summed E-state index contributed by atoms with van der Waals surface area (Å²) in [4.78, 5) is 16.2. The van der Waals surface area contributed by atoms with Gasteiger partial charge in [-0.1, -0.05) is 29.8 Å². The molecule has 2 aromatic rings. The minimum atomic E-state index is -0.255. The van der Waals surface area contributed by atoms with Crippen LogP contribution in [0.2, 0.25) is 5.02 Å². The lowest BCUT2D eigenvalue weighted by Crippen LogP contribution is -2.33. The van der Waals surface area contributed by atoms with E-state index >= 15 is 0 Å². The largest absolute Gasteiger partial charge is 0.373 e. The van der Waals surface area contributed by atoms with Gasteiger partial charge in [0.25, 0.3) is 0 Å². The lowest BCUT2D eigenvalue weighted by molar-refractivity contribution is -0.116. The molecule has 1 aromatic heterocycles. The first-order chi connectivity index (χ1) is 9.22. The molecule has 0 saturated heterocycles. The summed E-state index contributed by atoms with van der Waals surface area (Å²) >= 11 is 5.75. The number of para-hydroxylation sites is 1. The van der Waals surface area contributed by atoms with Crippen molar-refractivity contribution in [1.29, 1.82) is 0 Å². The Hall–Kier alpha value is -2.07. The summed E-state index contributed by atoms with van der Waals surface area (Å²) in [6.07, 6.45) is 2.20. The van der Waals surface area contributed by atoms with Gasteiger partial charge in [0.1, 0.15) is 11.9 Å². The van der Waals surface area contributed by atoms with E-state index in [0.29, 0.717) is 17.3 Å². The smallest absolute Gasteiger partial charge is 0.248 e. The highest BCUT2D eigenvalue weighted by molar-refractivity contribution is 6.30. The first-order valence-corrected chi connectivity index (χ1v) is 6.37. The van der Waals surface area contributed by atoms with Crippen LogP contribution in [0.5, 0.6) is 0 Å². The number of pyridine rings is 1. The molecule has 1 aliphatic rings. The van der Waals surface area contributed by atoms with Crippen LogP contribution in [-0.2, 0) is 11.2 Å². The van der Waals surface area contributed by atoms with E-state index in [9.17, 15) is 4.79 Å². The molecule has 96 valence electrons. The molecule has 0 saturated carbocycles. The normalized spacial score (nSPS) is 16.6. The molecule has 3 rings (SSSR count). The molecule has 1 atom stereocenters. The van der Waals surface area contributed by atoms with Crippen molar-refractivity contribution in [1.82, 2.24) is 4.98 Å². The highest BCUT2D eigenvalue weighted by Gasteiger charge is 2.26. The molecule has 0 spiro atoms. The molecule has 1 aromatic carbocycles.